The lowest BCUT2D eigenvalue weighted by Crippen LogP contribution is -2.40. The van der Waals surface area contributed by atoms with E-state index in [0.717, 1.165) is 22.0 Å². The zero-order chi connectivity index (χ0) is 32.5. The van der Waals surface area contributed by atoms with Gasteiger partial charge in [-0.2, -0.15) is 0 Å². The molecule has 1 atom stereocenters. The number of ether oxygens (including phenoxy) is 2. The number of thiazole rings is 1. The van der Waals surface area contributed by atoms with Gasteiger partial charge in [-0.1, -0.05) is 90.2 Å². The van der Waals surface area contributed by atoms with Crippen LogP contribution in [0.5, 0.6) is 5.75 Å². The molecule has 7 rings (SSSR count). The molecule has 0 N–H and O–H groups in total. The van der Waals surface area contributed by atoms with E-state index < -0.39 is 12.0 Å². The Hall–Kier alpha value is -5.54. The van der Waals surface area contributed by atoms with E-state index in [0.29, 0.717) is 38.5 Å². The highest BCUT2D eigenvalue weighted by atomic mass is 32.1. The summed E-state index contributed by atoms with van der Waals surface area (Å²) >= 11 is 1.26. The van der Waals surface area contributed by atoms with Gasteiger partial charge in [-0.3, -0.25) is 9.36 Å². The Morgan fingerprint density at radius 3 is 2.43 bits per heavy atom. The lowest BCUT2D eigenvalue weighted by atomic mass is 9.93. The third kappa shape index (κ3) is 5.59. The SMILES string of the molecule is CCOC(=O)C1=C(c2ccccc2)N=c2s/c(=C\c3cn(Cc4ccccc4F)c4ccccc34)c(=O)n2[C@H]1c1ccc(OC)cc1. The molecule has 0 spiro atoms. The molecule has 9 heteroatoms. The van der Waals surface area contributed by atoms with E-state index >= 15 is 0 Å². The van der Waals surface area contributed by atoms with Crippen molar-refractivity contribution in [3.05, 3.63) is 163 Å². The van der Waals surface area contributed by atoms with Crippen LogP contribution in [0, 0.1) is 5.82 Å². The molecule has 0 bridgehead atoms. The van der Waals surface area contributed by atoms with Crippen molar-refractivity contribution in [3.8, 4) is 5.75 Å². The Bertz CT molecular complexity index is 2340. The topological polar surface area (TPSA) is 74.8 Å². The number of para-hydroxylation sites is 1. The van der Waals surface area contributed by atoms with E-state index in [4.69, 9.17) is 14.5 Å². The summed E-state index contributed by atoms with van der Waals surface area (Å²) in [5.74, 6) is -0.162. The van der Waals surface area contributed by atoms with Crippen molar-refractivity contribution in [1.82, 2.24) is 9.13 Å². The first kappa shape index (κ1) is 30.1. The molecule has 0 unspecified atom stereocenters. The number of carbonyl (C=O) groups is 1. The van der Waals surface area contributed by atoms with Crippen LogP contribution >= 0.6 is 11.3 Å². The summed E-state index contributed by atoms with van der Waals surface area (Å²) in [5, 5.41) is 0.929. The third-order valence-electron chi connectivity index (χ3n) is 8.21. The molecule has 0 amide bonds. The van der Waals surface area contributed by atoms with Gasteiger partial charge in [-0.25, -0.2) is 14.2 Å². The van der Waals surface area contributed by atoms with Crippen molar-refractivity contribution in [3.63, 3.8) is 0 Å². The fourth-order valence-electron chi connectivity index (χ4n) is 6.01. The summed E-state index contributed by atoms with van der Waals surface area (Å²) in [4.78, 5) is 33.5. The van der Waals surface area contributed by atoms with Gasteiger partial charge in [0.2, 0.25) is 0 Å². The maximum Gasteiger partial charge on any atom is 0.338 e. The van der Waals surface area contributed by atoms with Gasteiger partial charge in [-0.05, 0) is 42.8 Å². The predicted molar refractivity (Wildman–Crippen MR) is 181 cm³/mol. The average molecular weight is 644 g/mol. The molecule has 7 nitrogen and oxygen atoms in total. The van der Waals surface area contributed by atoms with Crippen LogP contribution in [0.15, 0.2) is 125 Å². The second kappa shape index (κ2) is 12.7. The zero-order valence-electron chi connectivity index (χ0n) is 25.7. The standard InChI is InChI=1S/C38H30FN3O4S/c1-3-46-37(44)33-34(24-11-5-4-6-12-24)40-38-42(35(33)25-17-19-28(45-2)20-18-25)36(43)32(47-38)21-27-23-41(31-16-10-8-14-29(27)31)22-26-13-7-9-15-30(26)39/h4-21,23,35H,3,22H2,1-2H3/b32-21-/t35-/m0/s1. The van der Waals surface area contributed by atoms with Crippen molar-refractivity contribution in [1.29, 1.82) is 0 Å². The third-order valence-corrected chi connectivity index (χ3v) is 9.19. The summed E-state index contributed by atoms with van der Waals surface area (Å²) in [6.07, 6.45) is 3.79. The normalized spacial score (nSPS) is 14.6. The van der Waals surface area contributed by atoms with Crippen LogP contribution in [-0.4, -0.2) is 28.8 Å². The van der Waals surface area contributed by atoms with Crippen LogP contribution in [-0.2, 0) is 16.1 Å². The Morgan fingerprint density at radius 1 is 0.957 bits per heavy atom. The smallest absolute Gasteiger partial charge is 0.338 e. The van der Waals surface area contributed by atoms with Crippen molar-refractivity contribution in [2.45, 2.75) is 19.5 Å². The van der Waals surface area contributed by atoms with Crippen molar-refractivity contribution in [2.75, 3.05) is 13.7 Å². The Balaban J connectivity index is 1.45. The minimum atomic E-state index is -0.795. The molecule has 0 aliphatic carbocycles. The molecule has 6 aromatic rings. The van der Waals surface area contributed by atoms with E-state index in [-0.39, 0.29) is 23.6 Å². The van der Waals surface area contributed by atoms with E-state index in [1.54, 1.807) is 42.9 Å². The highest BCUT2D eigenvalue weighted by Gasteiger charge is 2.35. The largest absolute Gasteiger partial charge is 0.497 e. The number of halogens is 1. The molecule has 0 saturated heterocycles. The van der Waals surface area contributed by atoms with Crippen LogP contribution in [0.4, 0.5) is 4.39 Å². The van der Waals surface area contributed by atoms with Gasteiger partial charge in [-0.15, -0.1) is 0 Å². The number of esters is 1. The highest BCUT2D eigenvalue weighted by Crippen LogP contribution is 2.35. The van der Waals surface area contributed by atoms with Crippen LogP contribution in [0.3, 0.4) is 0 Å². The van der Waals surface area contributed by atoms with Crippen LogP contribution in [0.1, 0.15) is 35.2 Å². The second-order valence-corrected chi connectivity index (χ2v) is 12.0. The quantitative estimate of drug-likeness (QED) is 0.188. The minimum Gasteiger partial charge on any atom is -0.497 e. The predicted octanol–water partition coefficient (Wildman–Crippen LogP) is 6.09. The summed E-state index contributed by atoms with van der Waals surface area (Å²) in [5.41, 5.74) is 4.21. The first-order valence-corrected chi connectivity index (χ1v) is 16.0. The number of aromatic nitrogens is 2. The van der Waals surface area contributed by atoms with E-state index in [2.05, 4.69) is 0 Å². The Morgan fingerprint density at radius 2 is 1.68 bits per heavy atom. The monoisotopic (exact) mass is 643 g/mol. The molecule has 1 aliphatic rings. The van der Waals surface area contributed by atoms with Gasteiger partial charge in [0.15, 0.2) is 4.80 Å². The molecule has 234 valence electrons. The Labute approximate surface area is 273 Å². The molecular weight excluding hydrogens is 614 g/mol. The number of nitrogens with zero attached hydrogens (tertiary/aromatic N) is 3. The fraction of sp³-hybridized carbons (Fsp3) is 0.132. The number of carbonyl (C=O) groups excluding carboxylic acids is 1. The van der Waals surface area contributed by atoms with Gasteiger partial charge in [0.05, 0.1) is 42.1 Å². The van der Waals surface area contributed by atoms with Gasteiger partial charge in [0.1, 0.15) is 11.6 Å². The van der Waals surface area contributed by atoms with Gasteiger partial charge < -0.3 is 14.0 Å². The van der Waals surface area contributed by atoms with Crippen molar-refractivity contribution in [2.24, 2.45) is 4.99 Å². The number of hydrogen-bond donors (Lipinski definition) is 0. The number of rotatable bonds is 8. The van der Waals surface area contributed by atoms with E-state index in [1.165, 1.54) is 17.4 Å². The van der Waals surface area contributed by atoms with Crippen molar-refractivity contribution >= 4 is 40.0 Å². The first-order valence-electron chi connectivity index (χ1n) is 15.2. The van der Waals surface area contributed by atoms with Gasteiger partial charge in [0.25, 0.3) is 5.56 Å². The lowest BCUT2D eigenvalue weighted by molar-refractivity contribution is -0.138. The molecule has 47 heavy (non-hydrogen) atoms. The summed E-state index contributed by atoms with van der Waals surface area (Å²) in [6, 6.07) is 30.5. The van der Waals surface area contributed by atoms with Gasteiger partial charge in [0, 0.05) is 33.8 Å². The first-order chi connectivity index (χ1) is 23.0. The minimum absolute atomic E-state index is 0.168. The Kier molecular flexibility index (Phi) is 8.14. The molecule has 0 radical (unpaired) electrons. The zero-order valence-corrected chi connectivity index (χ0v) is 26.5. The molecule has 0 fully saturated rings. The molecule has 2 aromatic heterocycles. The highest BCUT2D eigenvalue weighted by molar-refractivity contribution is 7.07. The number of benzene rings is 4. The maximum atomic E-state index is 14.6. The fourth-order valence-corrected chi connectivity index (χ4v) is 7.01. The van der Waals surface area contributed by atoms with Crippen LogP contribution in [0.25, 0.3) is 22.7 Å². The number of fused-ring (bicyclic) bond motifs is 2. The molecule has 3 heterocycles. The van der Waals surface area contributed by atoms with Crippen molar-refractivity contribution < 1.29 is 18.7 Å². The van der Waals surface area contributed by atoms with Crippen LogP contribution < -0.4 is 19.6 Å². The lowest BCUT2D eigenvalue weighted by Gasteiger charge is -2.26. The molecular formula is C38H30FN3O4S. The van der Waals surface area contributed by atoms with E-state index in [9.17, 15) is 14.0 Å². The molecule has 1 aliphatic heterocycles. The summed E-state index contributed by atoms with van der Waals surface area (Å²) in [7, 11) is 1.59. The average Bonchev–Trinajstić information content (AvgIpc) is 3.61. The molecule has 0 saturated carbocycles. The van der Waals surface area contributed by atoms with Crippen LogP contribution in [0.2, 0.25) is 0 Å². The van der Waals surface area contributed by atoms with E-state index in [1.807, 2.05) is 89.6 Å². The number of methoxy groups -OCH3 is 1. The summed E-state index contributed by atoms with van der Waals surface area (Å²) < 4.78 is 29.6. The number of hydrogen-bond acceptors (Lipinski definition) is 6. The van der Waals surface area contributed by atoms with Gasteiger partial charge >= 0.3 is 5.97 Å². The summed E-state index contributed by atoms with van der Waals surface area (Å²) in [6.45, 7) is 2.26. The maximum absolute atomic E-state index is 14.6. The molecule has 4 aromatic carbocycles. The second-order valence-electron chi connectivity index (χ2n) is 11.0.